The number of benzene rings is 2. The van der Waals surface area contributed by atoms with E-state index >= 15 is 0 Å². The number of oxazole rings is 1. The molecule has 1 aromatic heterocycles. The first-order valence-corrected chi connectivity index (χ1v) is 6.39. The second-order valence-corrected chi connectivity index (χ2v) is 4.71. The number of carbonyl (C=O) groups excluding carboxylic acids is 1. The molecule has 4 heteroatoms. The van der Waals surface area contributed by atoms with Crippen molar-refractivity contribution in [3.05, 3.63) is 65.5 Å². The van der Waals surface area contributed by atoms with E-state index in [9.17, 15) is 4.79 Å². The van der Waals surface area contributed by atoms with E-state index in [-0.39, 0.29) is 5.91 Å². The average molecular weight is 266 g/mol. The van der Waals surface area contributed by atoms with E-state index in [0.717, 1.165) is 5.56 Å². The molecule has 0 unspecified atom stereocenters. The van der Waals surface area contributed by atoms with Crippen LogP contribution >= 0.6 is 0 Å². The zero-order valence-corrected chi connectivity index (χ0v) is 11.1. The predicted molar refractivity (Wildman–Crippen MR) is 76.4 cm³/mol. The van der Waals surface area contributed by atoms with E-state index in [1.165, 1.54) is 12.0 Å². The number of amides is 1. The summed E-state index contributed by atoms with van der Waals surface area (Å²) in [7, 11) is 0. The number of hydrogen-bond acceptors (Lipinski definition) is 3. The van der Waals surface area contributed by atoms with Gasteiger partial charge in [-0.25, -0.2) is 4.98 Å². The molecule has 0 bridgehead atoms. The van der Waals surface area contributed by atoms with E-state index in [2.05, 4.69) is 16.4 Å². The second-order valence-electron chi connectivity index (χ2n) is 4.71. The molecule has 0 fully saturated rings. The van der Waals surface area contributed by atoms with Gasteiger partial charge in [0.2, 0.25) is 0 Å². The zero-order valence-electron chi connectivity index (χ0n) is 11.1. The molecule has 2 aromatic carbocycles. The largest absolute Gasteiger partial charge is 0.443 e. The van der Waals surface area contributed by atoms with E-state index in [1.807, 2.05) is 25.1 Å². The highest BCUT2D eigenvalue weighted by molar-refractivity contribution is 5.96. The first kappa shape index (κ1) is 12.4. The van der Waals surface area contributed by atoms with Crippen molar-refractivity contribution in [2.24, 2.45) is 0 Å². The maximum atomic E-state index is 12.1. The monoisotopic (exact) mass is 266 g/mol. The van der Waals surface area contributed by atoms with Gasteiger partial charge in [-0.3, -0.25) is 4.79 Å². The molecule has 1 heterocycles. The minimum absolute atomic E-state index is 0.114. The third-order valence-corrected chi connectivity index (χ3v) is 3.13. The molecule has 1 N–H and O–H groups in total. The Labute approximate surface area is 116 Å². The van der Waals surface area contributed by atoms with Gasteiger partial charge in [-0.2, -0.15) is 0 Å². The van der Waals surface area contributed by atoms with Crippen molar-refractivity contribution in [3.63, 3.8) is 0 Å². The molecule has 0 saturated heterocycles. The Bertz CT molecular complexity index is 762. The van der Waals surface area contributed by atoms with Crippen molar-refractivity contribution >= 4 is 17.0 Å². The normalized spacial score (nSPS) is 10.7. The van der Waals surface area contributed by atoms with Crippen LogP contribution in [0.1, 0.15) is 21.5 Å². The van der Waals surface area contributed by atoms with Crippen molar-refractivity contribution in [3.8, 4) is 0 Å². The predicted octanol–water partition coefficient (Wildman–Crippen LogP) is 3.07. The number of hydrogen-bond donors (Lipinski definition) is 1. The zero-order chi connectivity index (χ0) is 13.9. The highest BCUT2D eigenvalue weighted by Crippen LogP contribution is 2.14. The molecular formula is C16H14N2O2. The van der Waals surface area contributed by atoms with Crippen LogP contribution in [-0.4, -0.2) is 10.9 Å². The standard InChI is InChI=1S/C16H14N2O2/c1-11-3-2-4-12(7-11)9-17-16(19)13-5-6-15-14(8-13)18-10-20-15/h2-8,10H,9H2,1H3,(H,17,19). The van der Waals surface area contributed by atoms with Gasteiger partial charge in [-0.15, -0.1) is 0 Å². The van der Waals surface area contributed by atoms with Crippen molar-refractivity contribution in [1.29, 1.82) is 0 Å². The summed E-state index contributed by atoms with van der Waals surface area (Å²) in [6.07, 6.45) is 1.37. The molecule has 0 spiro atoms. The Morgan fingerprint density at radius 3 is 3.00 bits per heavy atom. The van der Waals surface area contributed by atoms with Gasteiger partial charge >= 0.3 is 0 Å². The van der Waals surface area contributed by atoms with Crippen LogP contribution in [0.5, 0.6) is 0 Å². The van der Waals surface area contributed by atoms with Crippen molar-refractivity contribution in [2.45, 2.75) is 13.5 Å². The number of aromatic nitrogens is 1. The number of rotatable bonds is 3. The highest BCUT2D eigenvalue weighted by atomic mass is 16.3. The smallest absolute Gasteiger partial charge is 0.251 e. The Hall–Kier alpha value is -2.62. The third-order valence-electron chi connectivity index (χ3n) is 3.13. The Balaban J connectivity index is 1.72. The molecule has 0 aliphatic heterocycles. The van der Waals surface area contributed by atoms with Gasteiger partial charge < -0.3 is 9.73 Å². The number of fused-ring (bicyclic) bond motifs is 1. The number of aryl methyl sites for hydroxylation is 1. The van der Waals surface area contributed by atoms with Crippen LogP contribution in [0.3, 0.4) is 0 Å². The van der Waals surface area contributed by atoms with Crippen LogP contribution in [0.15, 0.2) is 53.3 Å². The lowest BCUT2D eigenvalue weighted by molar-refractivity contribution is 0.0951. The topological polar surface area (TPSA) is 55.1 Å². The van der Waals surface area contributed by atoms with Gasteiger partial charge in [-0.05, 0) is 30.7 Å². The maximum absolute atomic E-state index is 12.1. The first-order chi connectivity index (χ1) is 9.72. The summed E-state index contributed by atoms with van der Waals surface area (Å²) < 4.78 is 5.15. The van der Waals surface area contributed by atoms with Crippen LogP contribution < -0.4 is 5.32 Å². The van der Waals surface area contributed by atoms with E-state index in [0.29, 0.717) is 23.2 Å². The van der Waals surface area contributed by atoms with Gasteiger partial charge in [0.25, 0.3) is 5.91 Å². The average Bonchev–Trinajstić information content (AvgIpc) is 2.92. The SMILES string of the molecule is Cc1cccc(CNC(=O)c2ccc3ocnc3c2)c1. The highest BCUT2D eigenvalue weighted by Gasteiger charge is 2.08. The molecule has 1 amide bonds. The van der Waals surface area contributed by atoms with Crippen LogP contribution in [0.25, 0.3) is 11.1 Å². The van der Waals surface area contributed by atoms with Crippen molar-refractivity contribution < 1.29 is 9.21 Å². The fraction of sp³-hybridized carbons (Fsp3) is 0.125. The molecular weight excluding hydrogens is 252 g/mol. The fourth-order valence-corrected chi connectivity index (χ4v) is 2.11. The van der Waals surface area contributed by atoms with Gasteiger partial charge in [0.1, 0.15) is 5.52 Å². The molecule has 4 nitrogen and oxygen atoms in total. The molecule has 100 valence electrons. The summed E-state index contributed by atoms with van der Waals surface area (Å²) >= 11 is 0. The fourth-order valence-electron chi connectivity index (χ4n) is 2.11. The van der Waals surface area contributed by atoms with Gasteiger partial charge in [-0.1, -0.05) is 29.8 Å². The van der Waals surface area contributed by atoms with Gasteiger partial charge in [0.15, 0.2) is 12.0 Å². The Kier molecular flexibility index (Phi) is 3.21. The molecule has 0 radical (unpaired) electrons. The molecule has 0 saturated carbocycles. The summed E-state index contributed by atoms with van der Waals surface area (Å²) in [6.45, 7) is 2.54. The van der Waals surface area contributed by atoms with Crippen LogP contribution in [0.4, 0.5) is 0 Å². The van der Waals surface area contributed by atoms with Crippen molar-refractivity contribution in [2.75, 3.05) is 0 Å². The summed E-state index contributed by atoms with van der Waals surface area (Å²) in [6, 6.07) is 13.3. The first-order valence-electron chi connectivity index (χ1n) is 6.39. The minimum atomic E-state index is -0.114. The van der Waals surface area contributed by atoms with Gasteiger partial charge in [0, 0.05) is 12.1 Å². The van der Waals surface area contributed by atoms with Crippen LogP contribution in [-0.2, 0) is 6.54 Å². The van der Waals surface area contributed by atoms with Crippen LogP contribution in [0, 0.1) is 6.92 Å². The summed E-state index contributed by atoms with van der Waals surface area (Å²) in [5.74, 6) is -0.114. The summed E-state index contributed by atoms with van der Waals surface area (Å²) in [4.78, 5) is 16.1. The number of nitrogens with zero attached hydrogens (tertiary/aromatic N) is 1. The minimum Gasteiger partial charge on any atom is -0.443 e. The van der Waals surface area contributed by atoms with E-state index in [1.54, 1.807) is 18.2 Å². The Morgan fingerprint density at radius 2 is 2.15 bits per heavy atom. The Morgan fingerprint density at radius 1 is 1.25 bits per heavy atom. The molecule has 20 heavy (non-hydrogen) atoms. The lowest BCUT2D eigenvalue weighted by Gasteiger charge is -2.06. The molecule has 0 aliphatic rings. The number of carbonyl (C=O) groups is 1. The summed E-state index contributed by atoms with van der Waals surface area (Å²) in [5, 5.41) is 2.90. The molecule has 0 atom stereocenters. The molecule has 0 aliphatic carbocycles. The van der Waals surface area contributed by atoms with E-state index < -0.39 is 0 Å². The number of nitrogens with one attached hydrogen (secondary N) is 1. The lowest BCUT2D eigenvalue weighted by Crippen LogP contribution is -2.22. The maximum Gasteiger partial charge on any atom is 0.251 e. The second kappa shape index (κ2) is 5.17. The van der Waals surface area contributed by atoms with Gasteiger partial charge in [0.05, 0.1) is 0 Å². The van der Waals surface area contributed by atoms with E-state index in [4.69, 9.17) is 4.42 Å². The summed E-state index contributed by atoms with van der Waals surface area (Å²) in [5.41, 5.74) is 4.22. The lowest BCUT2D eigenvalue weighted by atomic mass is 10.1. The van der Waals surface area contributed by atoms with Crippen molar-refractivity contribution in [1.82, 2.24) is 10.3 Å². The third kappa shape index (κ3) is 2.54. The molecule has 3 aromatic rings. The van der Waals surface area contributed by atoms with Crippen LogP contribution in [0.2, 0.25) is 0 Å². The molecule has 3 rings (SSSR count). The quantitative estimate of drug-likeness (QED) is 0.792.